The second-order valence-corrected chi connectivity index (χ2v) is 4.41. The Morgan fingerprint density at radius 2 is 2.18 bits per heavy atom. The third kappa shape index (κ3) is 2.24. The second-order valence-electron chi connectivity index (χ2n) is 4.41. The summed E-state index contributed by atoms with van der Waals surface area (Å²) < 4.78 is 2.18. The summed E-state index contributed by atoms with van der Waals surface area (Å²) in [5, 5.41) is 0. The van der Waals surface area contributed by atoms with Crippen molar-refractivity contribution in [1.29, 1.82) is 0 Å². The van der Waals surface area contributed by atoms with Crippen molar-refractivity contribution in [2.24, 2.45) is 5.73 Å². The molecule has 1 aromatic carbocycles. The quantitative estimate of drug-likeness (QED) is 0.879. The zero-order chi connectivity index (χ0) is 12.4. The van der Waals surface area contributed by atoms with Gasteiger partial charge < -0.3 is 10.3 Å². The molecule has 17 heavy (non-hydrogen) atoms. The smallest absolute Gasteiger partial charge is 0.140 e. The van der Waals surface area contributed by atoms with Crippen LogP contribution in [0.2, 0.25) is 0 Å². The fourth-order valence-corrected chi connectivity index (χ4v) is 2.10. The van der Waals surface area contributed by atoms with E-state index in [9.17, 15) is 0 Å². The van der Waals surface area contributed by atoms with E-state index in [0.29, 0.717) is 0 Å². The lowest BCUT2D eigenvalue weighted by Gasteiger charge is -2.12. The maximum absolute atomic E-state index is 5.95. The molecule has 0 amide bonds. The van der Waals surface area contributed by atoms with Crippen molar-refractivity contribution < 1.29 is 0 Å². The van der Waals surface area contributed by atoms with Crippen LogP contribution in [0, 0.1) is 6.92 Å². The Labute approximate surface area is 102 Å². The van der Waals surface area contributed by atoms with Crippen LogP contribution in [0.3, 0.4) is 0 Å². The van der Waals surface area contributed by atoms with Crippen molar-refractivity contribution in [3.05, 3.63) is 41.7 Å². The number of aryl methyl sites for hydroxylation is 1. The molecule has 2 aromatic rings. The summed E-state index contributed by atoms with van der Waals surface area (Å²) in [4.78, 5) is 4.50. The molecule has 1 aromatic heterocycles. The number of nitrogens with two attached hydrogens (primary N) is 1. The van der Waals surface area contributed by atoms with E-state index in [4.69, 9.17) is 5.73 Å². The van der Waals surface area contributed by atoms with Gasteiger partial charge in [0.25, 0.3) is 0 Å². The lowest BCUT2D eigenvalue weighted by Crippen LogP contribution is -2.12. The maximum atomic E-state index is 5.95. The van der Waals surface area contributed by atoms with Crippen LogP contribution in [-0.2, 0) is 6.54 Å². The Morgan fingerprint density at radius 3 is 2.76 bits per heavy atom. The molecule has 0 aliphatic heterocycles. The molecular weight excluding hydrogens is 210 g/mol. The fraction of sp³-hybridized carbons (Fsp3) is 0.357. The predicted octanol–water partition coefficient (Wildman–Crippen LogP) is 2.90. The summed E-state index contributed by atoms with van der Waals surface area (Å²) in [6.45, 7) is 7.09. The first-order chi connectivity index (χ1) is 8.13. The second kappa shape index (κ2) is 4.72. The highest BCUT2D eigenvalue weighted by atomic mass is 15.1. The number of hydrogen-bond acceptors (Lipinski definition) is 2. The highest BCUT2D eigenvalue weighted by Crippen LogP contribution is 2.23. The molecule has 90 valence electrons. The highest BCUT2D eigenvalue weighted by molar-refractivity contribution is 5.57. The minimum atomic E-state index is 0.0148. The molecule has 0 aliphatic rings. The Balaban J connectivity index is 2.52. The lowest BCUT2D eigenvalue weighted by atomic mass is 10.1. The highest BCUT2D eigenvalue weighted by Gasteiger charge is 2.12. The average Bonchev–Trinajstić information content (AvgIpc) is 2.72. The Kier molecular flexibility index (Phi) is 3.29. The molecule has 0 fully saturated rings. The van der Waals surface area contributed by atoms with Gasteiger partial charge in [0.1, 0.15) is 5.82 Å². The summed E-state index contributed by atoms with van der Waals surface area (Å²) in [5.74, 6) is 1.00. The van der Waals surface area contributed by atoms with Crippen LogP contribution in [0.4, 0.5) is 0 Å². The molecule has 0 radical (unpaired) electrons. The Hall–Kier alpha value is -1.61. The first-order valence-electron chi connectivity index (χ1n) is 6.01. The summed E-state index contributed by atoms with van der Waals surface area (Å²) in [7, 11) is 0. The summed E-state index contributed by atoms with van der Waals surface area (Å²) in [5.41, 5.74) is 9.44. The molecule has 1 atom stereocenters. The van der Waals surface area contributed by atoms with E-state index in [-0.39, 0.29) is 6.04 Å². The number of imidazole rings is 1. The largest absolute Gasteiger partial charge is 0.327 e. The van der Waals surface area contributed by atoms with E-state index < -0.39 is 0 Å². The van der Waals surface area contributed by atoms with Gasteiger partial charge in [-0.05, 0) is 26.8 Å². The van der Waals surface area contributed by atoms with Crippen LogP contribution in [0.25, 0.3) is 11.4 Å². The van der Waals surface area contributed by atoms with Gasteiger partial charge in [0.2, 0.25) is 0 Å². The zero-order valence-corrected chi connectivity index (χ0v) is 10.6. The van der Waals surface area contributed by atoms with Crippen LogP contribution >= 0.6 is 0 Å². The van der Waals surface area contributed by atoms with Crippen molar-refractivity contribution in [3.8, 4) is 11.4 Å². The van der Waals surface area contributed by atoms with Crippen molar-refractivity contribution in [2.45, 2.75) is 33.4 Å². The van der Waals surface area contributed by atoms with Gasteiger partial charge in [-0.2, -0.15) is 0 Å². The average molecular weight is 229 g/mol. The van der Waals surface area contributed by atoms with Gasteiger partial charge in [-0.15, -0.1) is 0 Å². The van der Waals surface area contributed by atoms with E-state index in [1.807, 2.05) is 13.1 Å². The van der Waals surface area contributed by atoms with Crippen molar-refractivity contribution >= 4 is 0 Å². The van der Waals surface area contributed by atoms with E-state index >= 15 is 0 Å². The van der Waals surface area contributed by atoms with E-state index in [1.54, 1.807) is 0 Å². The standard InChI is InChI=1S/C14H19N3/c1-4-17-13(11(3)15)9-16-14(17)12-7-5-6-10(2)8-12/h5-9,11H,4,15H2,1-3H3. The minimum Gasteiger partial charge on any atom is -0.327 e. The number of benzene rings is 1. The van der Waals surface area contributed by atoms with Crippen LogP contribution < -0.4 is 5.73 Å². The summed E-state index contributed by atoms with van der Waals surface area (Å²) in [6, 6.07) is 8.41. The molecule has 2 rings (SSSR count). The van der Waals surface area contributed by atoms with Gasteiger partial charge in [-0.1, -0.05) is 23.8 Å². The Bertz CT molecular complexity index is 512. The minimum absolute atomic E-state index is 0.0148. The number of aromatic nitrogens is 2. The fourth-order valence-electron chi connectivity index (χ4n) is 2.10. The van der Waals surface area contributed by atoms with Crippen LogP contribution in [0.5, 0.6) is 0 Å². The topological polar surface area (TPSA) is 43.8 Å². The number of nitrogens with zero attached hydrogens (tertiary/aromatic N) is 2. The molecule has 0 spiro atoms. The molecule has 1 unspecified atom stereocenters. The zero-order valence-electron chi connectivity index (χ0n) is 10.6. The van der Waals surface area contributed by atoms with Gasteiger partial charge in [0.15, 0.2) is 0 Å². The molecule has 0 saturated carbocycles. The van der Waals surface area contributed by atoms with E-state index in [1.165, 1.54) is 5.56 Å². The van der Waals surface area contributed by atoms with Gasteiger partial charge >= 0.3 is 0 Å². The van der Waals surface area contributed by atoms with Gasteiger partial charge in [0.05, 0.1) is 11.9 Å². The Morgan fingerprint density at radius 1 is 1.41 bits per heavy atom. The van der Waals surface area contributed by atoms with Crippen LogP contribution in [-0.4, -0.2) is 9.55 Å². The number of hydrogen-bond donors (Lipinski definition) is 1. The van der Waals surface area contributed by atoms with Crippen molar-refractivity contribution in [1.82, 2.24) is 9.55 Å². The van der Waals surface area contributed by atoms with Crippen molar-refractivity contribution in [3.63, 3.8) is 0 Å². The third-order valence-electron chi connectivity index (χ3n) is 2.95. The molecule has 0 aliphatic carbocycles. The van der Waals surface area contributed by atoms with Crippen LogP contribution in [0.1, 0.15) is 31.1 Å². The molecule has 2 N–H and O–H groups in total. The molecule has 3 heteroatoms. The molecular formula is C14H19N3. The third-order valence-corrected chi connectivity index (χ3v) is 2.95. The van der Waals surface area contributed by atoms with Crippen LogP contribution in [0.15, 0.2) is 30.5 Å². The molecule has 0 bridgehead atoms. The van der Waals surface area contributed by atoms with Crippen molar-refractivity contribution in [2.75, 3.05) is 0 Å². The lowest BCUT2D eigenvalue weighted by molar-refractivity contribution is 0.662. The van der Waals surface area contributed by atoms with E-state index in [2.05, 4.69) is 47.7 Å². The maximum Gasteiger partial charge on any atom is 0.140 e. The van der Waals surface area contributed by atoms with E-state index in [0.717, 1.165) is 23.6 Å². The first kappa shape index (κ1) is 11.9. The molecule has 0 saturated heterocycles. The monoisotopic (exact) mass is 229 g/mol. The SMILES string of the molecule is CCn1c(C(C)N)cnc1-c1cccc(C)c1. The predicted molar refractivity (Wildman–Crippen MR) is 70.7 cm³/mol. The number of rotatable bonds is 3. The summed E-state index contributed by atoms with van der Waals surface area (Å²) >= 11 is 0. The van der Waals surface area contributed by atoms with Gasteiger partial charge in [0, 0.05) is 18.2 Å². The van der Waals surface area contributed by atoms with Gasteiger partial charge in [-0.3, -0.25) is 0 Å². The molecule has 3 nitrogen and oxygen atoms in total. The van der Waals surface area contributed by atoms with Gasteiger partial charge in [-0.25, -0.2) is 4.98 Å². The molecule has 1 heterocycles. The normalized spacial score (nSPS) is 12.7. The summed E-state index contributed by atoms with van der Waals surface area (Å²) in [6.07, 6.45) is 1.88. The first-order valence-corrected chi connectivity index (χ1v) is 6.01.